The molecule has 0 aliphatic carbocycles. The predicted molar refractivity (Wildman–Crippen MR) is 92.9 cm³/mol. The van der Waals surface area contributed by atoms with Crippen LogP contribution in [0.4, 0.5) is 4.79 Å². The molecule has 2 aliphatic rings. The second kappa shape index (κ2) is 7.15. The molecule has 0 aromatic heterocycles. The van der Waals surface area contributed by atoms with E-state index in [0.717, 1.165) is 0 Å². The number of nitrogens with zero attached hydrogens (tertiary/aromatic N) is 2. The summed E-state index contributed by atoms with van der Waals surface area (Å²) in [7, 11) is 0. The number of benzene rings is 1. The number of hydrogen-bond acceptors (Lipinski definition) is 4. The Kier molecular flexibility index (Phi) is 4.92. The first-order chi connectivity index (χ1) is 12.4. The summed E-state index contributed by atoms with van der Waals surface area (Å²) < 4.78 is 0. The number of nitrogens with one attached hydrogen (secondary N) is 2. The maximum absolute atomic E-state index is 12.6. The molecule has 3 rings (SSSR count). The number of carbonyl (C=O) groups is 4. The molecular weight excluding hydrogens is 336 g/mol. The second-order valence-corrected chi connectivity index (χ2v) is 6.57. The van der Waals surface area contributed by atoms with Gasteiger partial charge < -0.3 is 15.1 Å². The van der Waals surface area contributed by atoms with Gasteiger partial charge in [-0.1, -0.05) is 30.3 Å². The van der Waals surface area contributed by atoms with E-state index in [1.807, 2.05) is 6.07 Å². The highest BCUT2D eigenvalue weighted by atomic mass is 16.2. The third-order valence-electron chi connectivity index (χ3n) is 5.00. The summed E-state index contributed by atoms with van der Waals surface area (Å²) in [6, 6.07) is 8.38. The predicted octanol–water partition coefficient (Wildman–Crippen LogP) is 0.192. The Balaban J connectivity index is 1.68. The molecule has 2 saturated heterocycles. The molecule has 5 amide bonds. The van der Waals surface area contributed by atoms with Gasteiger partial charge in [0.15, 0.2) is 0 Å². The molecule has 2 heterocycles. The van der Waals surface area contributed by atoms with Crippen LogP contribution in [0, 0.1) is 0 Å². The molecule has 0 spiro atoms. The van der Waals surface area contributed by atoms with Crippen molar-refractivity contribution >= 4 is 23.8 Å². The van der Waals surface area contributed by atoms with Crippen LogP contribution in [-0.4, -0.2) is 59.7 Å². The number of amides is 5. The fraction of sp³-hybridized carbons (Fsp3) is 0.444. The number of carbonyl (C=O) groups excluding carboxylic acids is 4. The minimum absolute atomic E-state index is 0.00506. The molecule has 0 bridgehead atoms. The molecule has 26 heavy (non-hydrogen) atoms. The van der Waals surface area contributed by atoms with Gasteiger partial charge in [0.05, 0.1) is 0 Å². The van der Waals surface area contributed by atoms with E-state index in [4.69, 9.17) is 0 Å². The van der Waals surface area contributed by atoms with Gasteiger partial charge in [-0.25, -0.2) is 4.79 Å². The molecule has 1 atom stereocenters. The average molecular weight is 358 g/mol. The standard InChI is InChI=1S/C18H22N4O4/c1-13(23)21-9-11-22(12-10-21)15(24)7-8-18(14-5-3-2-4-6-14)16(25)19-17(26)20-18/h2-6H,7-12H2,1H3,(H2,19,20,25,26). The van der Waals surface area contributed by atoms with Gasteiger partial charge in [0, 0.05) is 39.5 Å². The molecule has 1 aromatic carbocycles. The van der Waals surface area contributed by atoms with Crippen LogP contribution in [0.15, 0.2) is 30.3 Å². The number of imide groups is 1. The first-order valence-electron chi connectivity index (χ1n) is 8.65. The Hall–Kier alpha value is -2.90. The summed E-state index contributed by atoms with van der Waals surface area (Å²) in [6.07, 6.45) is 0.309. The zero-order chi connectivity index (χ0) is 18.7. The number of rotatable bonds is 4. The summed E-state index contributed by atoms with van der Waals surface area (Å²) in [5, 5.41) is 4.96. The van der Waals surface area contributed by atoms with Gasteiger partial charge >= 0.3 is 6.03 Å². The summed E-state index contributed by atoms with van der Waals surface area (Å²) >= 11 is 0. The maximum Gasteiger partial charge on any atom is 0.322 e. The lowest BCUT2D eigenvalue weighted by Crippen LogP contribution is -2.51. The minimum atomic E-state index is -1.23. The highest BCUT2D eigenvalue weighted by Gasteiger charge is 2.47. The quantitative estimate of drug-likeness (QED) is 0.751. The normalized spacial score (nSPS) is 22.8. The number of piperazine rings is 1. The molecular formula is C18H22N4O4. The summed E-state index contributed by atoms with van der Waals surface area (Å²) in [5.41, 5.74) is -0.576. The first kappa shape index (κ1) is 17.9. The van der Waals surface area contributed by atoms with Crippen LogP contribution >= 0.6 is 0 Å². The topological polar surface area (TPSA) is 98.8 Å². The summed E-state index contributed by atoms with van der Waals surface area (Å²) in [6.45, 7) is 3.51. The smallest absolute Gasteiger partial charge is 0.322 e. The molecule has 0 radical (unpaired) electrons. The van der Waals surface area contributed by atoms with Crippen molar-refractivity contribution < 1.29 is 19.2 Å². The molecule has 1 aromatic rings. The molecule has 138 valence electrons. The van der Waals surface area contributed by atoms with Crippen molar-refractivity contribution in [3.8, 4) is 0 Å². The van der Waals surface area contributed by atoms with Crippen LogP contribution < -0.4 is 10.6 Å². The Morgan fingerprint density at radius 3 is 2.19 bits per heavy atom. The highest BCUT2D eigenvalue weighted by Crippen LogP contribution is 2.30. The second-order valence-electron chi connectivity index (χ2n) is 6.57. The Morgan fingerprint density at radius 1 is 1.04 bits per heavy atom. The van der Waals surface area contributed by atoms with Crippen LogP contribution in [0.5, 0.6) is 0 Å². The largest absolute Gasteiger partial charge is 0.339 e. The lowest BCUT2D eigenvalue weighted by atomic mass is 9.85. The van der Waals surface area contributed by atoms with Crippen molar-refractivity contribution in [2.75, 3.05) is 26.2 Å². The van der Waals surface area contributed by atoms with Crippen molar-refractivity contribution in [1.29, 1.82) is 0 Å². The van der Waals surface area contributed by atoms with E-state index in [0.29, 0.717) is 31.7 Å². The average Bonchev–Trinajstić information content (AvgIpc) is 2.95. The van der Waals surface area contributed by atoms with E-state index >= 15 is 0 Å². The van der Waals surface area contributed by atoms with E-state index < -0.39 is 17.5 Å². The first-order valence-corrected chi connectivity index (χ1v) is 8.65. The number of hydrogen-bond donors (Lipinski definition) is 2. The third-order valence-corrected chi connectivity index (χ3v) is 5.00. The lowest BCUT2D eigenvalue weighted by Gasteiger charge is -2.35. The minimum Gasteiger partial charge on any atom is -0.339 e. The van der Waals surface area contributed by atoms with Gasteiger partial charge in [-0.2, -0.15) is 0 Å². The lowest BCUT2D eigenvalue weighted by molar-refractivity contribution is -0.139. The van der Waals surface area contributed by atoms with E-state index in [-0.39, 0.29) is 24.7 Å². The van der Waals surface area contributed by atoms with E-state index in [1.54, 1.807) is 34.1 Å². The van der Waals surface area contributed by atoms with Crippen LogP contribution in [0.25, 0.3) is 0 Å². The highest BCUT2D eigenvalue weighted by molar-refractivity contribution is 6.07. The van der Waals surface area contributed by atoms with Crippen molar-refractivity contribution in [3.63, 3.8) is 0 Å². The van der Waals surface area contributed by atoms with Gasteiger partial charge in [-0.05, 0) is 12.0 Å². The molecule has 2 fully saturated rings. The zero-order valence-electron chi connectivity index (χ0n) is 14.7. The van der Waals surface area contributed by atoms with Crippen molar-refractivity contribution in [2.24, 2.45) is 0 Å². The molecule has 2 aliphatic heterocycles. The summed E-state index contributed by atoms with van der Waals surface area (Å²) in [4.78, 5) is 51.5. The van der Waals surface area contributed by atoms with E-state index in [2.05, 4.69) is 10.6 Å². The van der Waals surface area contributed by atoms with Crippen LogP contribution in [0.1, 0.15) is 25.3 Å². The van der Waals surface area contributed by atoms with Crippen molar-refractivity contribution in [2.45, 2.75) is 25.3 Å². The van der Waals surface area contributed by atoms with Crippen molar-refractivity contribution in [1.82, 2.24) is 20.4 Å². The van der Waals surface area contributed by atoms with Crippen molar-refractivity contribution in [3.05, 3.63) is 35.9 Å². The van der Waals surface area contributed by atoms with Gasteiger partial charge in [0.2, 0.25) is 11.8 Å². The molecule has 8 heteroatoms. The van der Waals surface area contributed by atoms with Gasteiger partial charge in [-0.3, -0.25) is 19.7 Å². The maximum atomic E-state index is 12.6. The molecule has 2 N–H and O–H groups in total. The Morgan fingerprint density at radius 2 is 1.65 bits per heavy atom. The monoisotopic (exact) mass is 358 g/mol. The Bertz CT molecular complexity index is 728. The van der Waals surface area contributed by atoms with Gasteiger partial charge in [-0.15, -0.1) is 0 Å². The number of urea groups is 1. The fourth-order valence-corrected chi connectivity index (χ4v) is 3.46. The van der Waals surface area contributed by atoms with E-state index in [9.17, 15) is 19.2 Å². The third kappa shape index (κ3) is 3.40. The molecule has 0 saturated carbocycles. The molecule has 8 nitrogen and oxygen atoms in total. The van der Waals surface area contributed by atoms with Crippen LogP contribution in [-0.2, 0) is 19.9 Å². The van der Waals surface area contributed by atoms with Gasteiger partial charge in [0.25, 0.3) is 5.91 Å². The fourth-order valence-electron chi connectivity index (χ4n) is 3.46. The molecule has 1 unspecified atom stereocenters. The van der Waals surface area contributed by atoms with Crippen LogP contribution in [0.3, 0.4) is 0 Å². The van der Waals surface area contributed by atoms with Crippen LogP contribution in [0.2, 0.25) is 0 Å². The van der Waals surface area contributed by atoms with E-state index in [1.165, 1.54) is 6.92 Å². The Labute approximate surface area is 151 Å². The zero-order valence-corrected chi connectivity index (χ0v) is 14.7. The summed E-state index contributed by atoms with van der Waals surface area (Å²) in [5.74, 6) is -0.522. The SMILES string of the molecule is CC(=O)N1CCN(C(=O)CCC2(c3ccccc3)NC(=O)NC2=O)CC1. The van der Waals surface area contributed by atoms with Gasteiger partial charge in [0.1, 0.15) is 5.54 Å².